The summed E-state index contributed by atoms with van der Waals surface area (Å²) in [6, 6.07) is 13.2. The zero-order chi connectivity index (χ0) is 21.4. The third kappa shape index (κ3) is 6.27. The zero-order valence-corrected chi connectivity index (χ0v) is 16.7. The van der Waals surface area contributed by atoms with Crippen molar-refractivity contribution in [1.82, 2.24) is 10.6 Å². The van der Waals surface area contributed by atoms with Crippen LogP contribution in [0.25, 0.3) is 0 Å². The monoisotopic (exact) mass is 396 g/mol. The van der Waals surface area contributed by atoms with Crippen LogP contribution in [0.3, 0.4) is 0 Å². The first kappa shape index (κ1) is 21.8. The number of hydrogen-bond donors (Lipinski definition) is 2. The maximum atomic E-state index is 12.5. The lowest BCUT2D eigenvalue weighted by Crippen LogP contribution is -2.41. The summed E-state index contributed by atoms with van der Waals surface area (Å²) in [5.74, 6) is -1.65. The van der Waals surface area contributed by atoms with E-state index in [0.717, 1.165) is 11.1 Å². The maximum Gasteiger partial charge on any atom is 0.321 e. The third-order valence-electron chi connectivity index (χ3n) is 4.30. The normalized spacial score (nSPS) is 11.3. The van der Waals surface area contributed by atoms with Crippen LogP contribution >= 0.6 is 0 Å². The molecule has 0 bridgehead atoms. The molecule has 152 valence electrons. The number of esters is 1. The van der Waals surface area contributed by atoms with Crippen LogP contribution in [-0.2, 0) is 14.3 Å². The number of rotatable bonds is 7. The Balaban J connectivity index is 2.05. The van der Waals surface area contributed by atoms with Gasteiger partial charge in [-0.15, -0.1) is 0 Å². The molecular formula is C22H24N2O5. The molecule has 3 amide bonds. The highest BCUT2D eigenvalue weighted by molar-refractivity contribution is 6.00. The van der Waals surface area contributed by atoms with E-state index in [-0.39, 0.29) is 18.6 Å². The summed E-state index contributed by atoms with van der Waals surface area (Å²) < 4.78 is 5.30. The first-order chi connectivity index (χ1) is 13.8. The molecule has 2 aromatic carbocycles. The molecule has 2 rings (SSSR count). The van der Waals surface area contributed by atoms with Crippen molar-refractivity contribution in [3.05, 3.63) is 70.8 Å². The summed E-state index contributed by atoms with van der Waals surface area (Å²) in [5.41, 5.74) is 2.77. The van der Waals surface area contributed by atoms with Gasteiger partial charge in [-0.25, -0.2) is 4.79 Å². The quantitative estimate of drug-likeness (QED) is 0.553. The number of nitrogens with one attached hydrogen (secondary N) is 2. The van der Waals surface area contributed by atoms with E-state index in [1.54, 1.807) is 36.4 Å². The number of benzene rings is 2. The molecular weight excluding hydrogens is 372 g/mol. The van der Waals surface area contributed by atoms with E-state index >= 15 is 0 Å². The molecule has 7 heteroatoms. The molecule has 29 heavy (non-hydrogen) atoms. The van der Waals surface area contributed by atoms with Crippen molar-refractivity contribution in [3.8, 4) is 0 Å². The Morgan fingerprint density at radius 2 is 1.66 bits per heavy atom. The summed E-state index contributed by atoms with van der Waals surface area (Å²) in [7, 11) is 1.37. The number of hydrogen-bond acceptors (Lipinski definition) is 5. The molecule has 0 heterocycles. The van der Waals surface area contributed by atoms with E-state index in [9.17, 15) is 19.2 Å². The third-order valence-corrected chi connectivity index (χ3v) is 4.30. The number of ketones is 1. The molecule has 0 fully saturated rings. The maximum absolute atomic E-state index is 12.5. The molecule has 2 aromatic rings. The first-order valence-corrected chi connectivity index (χ1v) is 9.19. The number of carbonyl (C=O) groups is 4. The van der Waals surface area contributed by atoms with Crippen molar-refractivity contribution in [3.63, 3.8) is 0 Å². The van der Waals surface area contributed by atoms with E-state index in [2.05, 4.69) is 10.6 Å². The predicted molar refractivity (Wildman–Crippen MR) is 107 cm³/mol. The van der Waals surface area contributed by atoms with Gasteiger partial charge >= 0.3 is 12.0 Å². The van der Waals surface area contributed by atoms with Crippen molar-refractivity contribution in [2.45, 2.75) is 32.8 Å². The topological polar surface area (TPSA) is 102 Å². The van der Waals surface area contributed by atoms with E-state index in [1.807, 2.05) is 26.0 Å². The minimum absolute atomic E-state index is 0.0400. The van der Waals surface area contributed by atoms with E-state index < -0.39 is 24.0 Å². The Morgan fingerprint density at radius 3 is 2.31 bits per heavy atom. The van der Waals surface area contributed by atoms with Gasteiger partial charge in [-0.05, 0) is 25.5 Å². The number of Topliss-reactive ketones (excluding diaryl/α,β-unsaturated/α-hetero) is 1. The van der Waals surface area contributed by atoms with Crippen molar-refractivity contribution in [1.29, 1.82) is 0 Å². The van der Waals surface area contributed by atoms with Crippen LogP contribution < -0.4 is 10.6 Å². The van der Waals surface area contributed by atoms with Gasteiger partial charge in [0.2, 0.25) is 6.10 Å². The second kappa shape index (κ2) is 10.2. The lowest BCUT2D eigenvalue weighted by Gasteiger charge is -2.17. The number of aryl methyl sites for hydroxylation is 2. The van der Waals surface area contributed by atoms with E-state index in [4.69, 9.17) is 4.74 Å². The molecule has 0 saturated heterocycles. The van der Waals surface area contributed by atoms with Crippen LogP contribution in [0.5, 0.6) is 0 Å². The zero-order valence-electron chi connectivity index (χ0n) is 16.7. The van der Waals surface area contributed by atoms with Crippen LogP contribution in [0.1, 0.15) is 46.0 Å². The van der Waals surface area contributed by atoms with Gasteiger partial charge in [-0.3, -0.25) is 19.7 Å². The van der Waals surface area contributed by atoms with Crippen LogP contribution in [-0.4, -0.2) is 30.7 Å². The van der Waals surface area contributed by atoms with Gasteiger partial charge in [-0.2, -0.15) is 0 Å². The fraction of sp³-hybridized carbons (Fsp3) is 0.273. The molecule has 0 aromatic heterocycles. The van der Waals surface area contributed by atoms with Gasteiger partial charge in [0.05, 0.1) is 6.42 Å². The Labute approximate surface area is 169 Å². The Morgan fingerprint density at radius 1 is 0.966 bits per heavy atom. The highest BCUT2D eigenvalue weighted by atomic mass is 16.5. The van der Waals surface area contributed by atoms with Gasteiger partial charge in [0.25, 0.3) is 5.91 Å². The molecule has 0 aliphatic rings. The summed E-state index contributed by atoms with van der Waals surface area (Å²) in [6.45, 7) is 3.72. The first-order valence-electron chi connectivity index (χ1n) is 9.19. The van der Waals surface area contributed by atoms with Crippen LogP contribution in [0.4, 0.5) is 4.79 Å². The van der Waals surface area contributed by atoms with Crippen molar-refractivity contribution >= 4 is 23.7 Å². The molecule has 0 radical (unpaired) electrons. The van der Waals surface area contributed by atoms with Crippen LogP contribution in [0.15, 0.2) is 48.5 Å². The smallest absolute Gasteiger partial charge is 0.321 e. The number of carbonyl (C=O) groups excluding carboxylic acids is 4. The average Bonchev–Trinajstić information content (AvgIpc) is 2.72. The summed E-state index contributed by atoms with van der Waals surface area (Å²) in [6.07, 6.45) is -1.51. The summed E-state index contributed by atoms with van der Waals surface area (Å²) in [5, 5.41) is 4.37. The van der Waals surface area contributed by atoms with Gasteiger partial charge < -0.3 is 10.1 Å². The molecule has 0 aliphatic carbocycles. The molecule has 0 unspecified atom stereocenters. The van der Waals surface area contributed by atoms with Crippen molar-refractivity contribution in [2.24, 2.45) is 0 Å². The minimum atomic E-state index is -1.29. The SMILES string of the molecule is CNC(=O)NC(=O)[C@H](OC(=O)CCC(=O)c1cc(C)ccc1C)c1ccccc1. The van der Waals surface area contributed by atoms with Gasteiger partial charge in [0.1, 0.15) is 0 Å². The second-order valence-corrected chi connectivity index (χ2v) is 6.59. The fourth-order valence-electron chi connectivity index (χ4n) is 2.72. The highest BCUT2D eigenvalue weighted by Gasteiger charge is 2.26. The predicted octanol–water partition coefficient (Wildman–Crippen LogP) is 3.01. The average molecular weight is 396 g/mol. The highest BCUT2D eigenvalue weighted by Crippen LogP contribution is 2.20. The van der Waals surface area contributed by atoms with Crippen molar-refractivity contribution in [2.75, 3.05) is 7.05 Å². The molecule has 0 saturated carbocycles. The number of amides is 3. The van der Waals surface area contributed by atoms with Crippen LogP contribution in [0.2, 0.25) is 0 Å². The number of ether oxygens (including phenoxy) is 1. The Hall–Kier alpha value is -3.48. The summed E-state index contributed by atoms with van der Waals surface area (Å²) >= 11 is 0. The Bertz CT molecular complexity index is 909. The van der Waals surface area contributed by atoms with E-state index in [0.29, 0.717) is 11.1 Å². The number of urea groups is 1. The lowest BCUT2D eigenvalue weighted by molar-refractivity contribution is -0.156. The van der Waals surface area contributed by atoms with E-state index in [1.165, 1.54) is 7.05 Å². The van der Waals surface area contributed by atoms with Crippen molar-refractivity contribution < 1.29 is 23.9 Å². The van der Waals surface area contributed by atoms with Gasteiger partial charge in [0, 0.05) is 24.6 Å². The molecule has 1 atom stereocenters. The fourth-order valence-corrected chi connectivity index (χ4v) is 2.72. The van der Waals surface area contributed by atoms with Gasteiger partial charge in [-0.1, -0.05) is 48.0 Å². The lowest BCUT2D eigenvalue weighted by atomic mass is 9.99. The second-order valence-electron chi connectivity index (χ2n) is 6.59. The molecule has 0 spiro atoms. The van der Waals surface area contributed by atoms with Gasteiger partial charge in [0.15, 0.2) is 5.78 Å². The molecule has 7 nitrogen and oxygen atoms in total. The summed E-state index contributed by atoms with van der Waals surface area (Å²) in [4.78, 5) is 48.6. The number of imide groups is 1. The standard InChI is InChI=1S/C22H24N2O5/c1-14-9-10-15(2)17(13-14)18(25)11-12-19(26)29-20(16-7-5-4-6-8-16)21(27)24-22(28)23-3/h4-10,13,20H,11-12H2,1-3H3,(H2,23,24,27,28)/t20-/m1/s1. The van der Waals surface area contributed by atoms with Crippen LogP contribution in [0, 0.1) is 13.8 Å². The molecule has 2 N–H and O–H groups in total. The molecule has 0 aliphatic heterocycles. The largest absolute Gasteiger partial charge is 0.447 e. The Kier molecular flexibility index (Phi) is 7.65. The minimum Gasteiger partial charge on any atom is -0.447 e.